The molecule has 17 heavy (non-hydrogen) atoms. The van der Waals surface area contributed by atoms with Gasteiger partial charge in [0, 0.05) is 18.6 Å². The van der Waals surface area contributed by atoms with E-state index in [1.165, 1.54) is 24.0 Å². The molecule has 2 heteroatoms. The highest BCUT2D eigenvalue weighted by atomic mass is 15.2. The van der Waals surface area contributed by atoms with Gasteiger partial charge in [0.1, 0.15) is 0 Å². The van der Waals surface area contributed by atoms with Crippen LogP contribution in [0.5, 0.6) is 0 Å². The van der Waals surface area contributed by atoms with Crippen molar-refractivity contribution in [2.24, 2.45) is 11.7 Å². The molecule has 1 aliphatic carbocycles. The number of nitrogens with two attached hydrogens (primary N) is 1. The van der Waals surface area contributed by atoms with Crippen molar-refractivity contribution in [3.63, 3.8) is 0 Å². The molecule has 0 saturated heterocycles. The fourth-order valence-electron chi connectivity index (χ4n) is 2.54. The van der Waals surface area contributed by atoms with Crippen molar-refractivity contribution in [3.8, 4) is 0 Å². The van der Waals surface area contributed by atoms with Crippen LogP contribution < -0.4 is 5.73 Å². The molecule has 0 amide bonds. The first-order chi connectivity index (χ1) is 8.13. The lowest BCUT2D eigenvalue weighted by Gasteiger charge is -2.33. The lowest BCUT2D eigenvalue weighted by molar-refractivity contribution is 0.170. The van der Waals surface area contributed by atoms with Crippen LogP contribution in [0.3, 0.4) is 0 Å². The van der Waals surface area contributed by atoms with E-state index < -0.39 is 0 Å². The number of rotatable bonds is 5. The van der Waals surface area contributed by atoms with Crippen molar-refractivity contribution in [1.82, 2.24) is 4.90 Å². The lowest BCUT2D eigenvalue weighted by Crippen LogP contribution is -2.41. The summed E-state index contributed by atoms with van der Waals surface area (Å²) < 4.78 is 0. The Morgan fingerprint density at radius 1 is 1.29 bits per heavy atom. The Hall–Kier alpha value is -0.860. The Morgan fingerprint density at radius 2 is 1.88 bits per heavy atom. The smallest absolute Gasteiger partial charge is 0.0320 e. The molecule has 94 valence electrons. The molecule has 2 nitrogen and oxygen atoms in total. The average Bonchev–Trinajstić information content (AvgIpc) is 3.14. The highest BCUT2D eigenvalue weighted by molar-refractivity contribution is 5.24. The Labute approximate surface area is 105 Å². The monoisotopic (exact) mass is 232 g/mol. The van der Waals surface area contributed by atoms with Gasteiger partial charge in [0.15, 0.2) is 0 Å². The van der Waals surface area contributed by atoms with Crippen LogP contribution in [0.4, 0.5) is 0 Å². The van der Waals surface area contributed by atoms with Gasteiger partial charge in [-0.3, -0.25) is 4.90 Å². The molecular weight excluding hydrogens is 208 g/mol. The van der Waals surface area contributed by atoms with Crippen LogP contribution in [-0.4, -0.2) is 24.5 Å². The van der Waals surface area contributed by atoms with Gasteiger partial charge in [0.05, 0.1) is 0 Å². The van der Waals surface area contributed by atoms with Gasteiger partial charge in [-0.15, -0.1) is 0 Å². The SMILES string of the molecule is Cc1ccc(C(C)N(C)C(CN)C2CC2)cc1. The summed E-state index contributed by atoms with van der Waals surface area (Å²) in [4.78, 5) is 2.45. The second-order valence-electron chi connectivity index (χ2n) is 5.39. The van der Waals surface area contributed by atoms with E-state index in [1.807, 2.05) is 0 Å². The maximum Gasteiger partial charge on any atom is 0.0320 e. The zero-order valence-corrected chi connectivity index (χ0v) is 11.2. The topological polar surface area (TPSA) is 29.3 Å². The molecule has 2 unspecified atom stereocenters. The zero-order chi connectivity index (χ0) is 12.4. The van der Waals surface area contributed by atoms with Gasteiger partial charge in [-0.25, -0.2) is 0 Å². The van der Waals surface area contributed by atoms with Gasteiger partial charge in [0.25, 0.3) is 0 Å². The summed E-state index contributed by atoms with van der Waals surface area (Å²) >= 11 is 0. The number of hydrogen-bond donors (Lipinski definition) is 1. The molecule has 2 atom stereocenters. The Bertz CT molecular complexity index is 354. The predicted molar refractivity (Wildman–Crippen MR) is 72.9 cm³/mol. The van der Waals surface area contributed by atoms with Crippen LogP contribution in [0.25, 0.3) is 0 Å². The first-order valence-corrected chi connectivity index (χ1v) is 6.62. The molecule has 0 aromatic heterocycles. The minimum Gasteiger partial charge on any atom is -0.329 e. The lowest BCUT2D eigenvalue weighted by atomic mass is 10.0. The Balaban J connectivity index is 2.07. The van der Waals surface area contributed by atoms with Crippen molar-refractivity contribution >= 4 is 0 Å². The summed E-state index contributed by atoms with van der Waals surface area (Å²) in [5.74, 6) is 0.831. The van der Waals surface area contributed by atoms with E-state index >= 15 is 0 Å². The third-order valence-electron chi connectivity index (χ3n) is 4.10. The quantitative estimate of drug-likeness (QED) is 0.846. The van der Waals surface area contributed by atoms with Crippen molar-refractivity contribution < 1.29 is 0 Å². The summed E-state index contributed by atoms with van der Waals surface area (Å²) in [5, 5.41) is 0. The average molecular weight is 232 g/mol. The largest absolute Gasteiger partial charge is 0.329 e. The molecular formula is C15H24N2. The van der Waals surface area contributed by atoms with Crippen LogP contribution in [0.1, 0.15) is 36.9 Å². The van der Waals surface area contributed by atoms with E-state index in [1.54, 1.807) is 0 Å². The molecule has 0 spiro atoms. The Morgan fingerprint density at radius 3 is 2.35 bits per heavy atom. The van der Waals surface area contributed by atoms with Crippen molar-refractivity contribution in [2.45, 2.75) is 38.8 Å². The van der Waals surface area contributed by atoms with Crippen LogP contribution in [-0.2, 0) is 0 Å². The van der Waals surface area contributed by atoms with Crippen LogP contribution >= 0.6 is 0 Å². The fourth-order valence-corrected chi connectivity index (χ4v) is 2.54. The molecule has 0 aliphatic heterocycles. The maximum absolute atomic E-state index is 5.91. The molecule has 1 aromatic carbocycles. The van der Waals surface area contributed by atoms with E-state index in [-0.39, 0.29) is 0 Å². The van der Waals surface area contributed by atoms with Crippen molar-refractivity contribution in [3.05, 3.63) is 35.4 Å². The van der Waals surface area contributed by atoms with Crippen molar-refractivity contribution in [1.29, 1.82) is 0 Å². The minimum absolute atomic E-state index is 0.449. The Kier molecular flexibility index (Phi) is 3.85. The second kappa shape index (κ2) is 5.19. The molecule has 1 saturated carbocycles. The van der Waals surface area contributed by atoms with E-state index in [0.29, 0.717) is 12.1 Å². The van der Waals surface area contributed by atoms with E-state index in [2.05, 4.69) is 50.1 Å². The standard InChI is InChI=1S/C15H24N2/c1-11-4-6-13(7-5-11)12(2)17(3)15(10-16)14-8-9-14/h4-7,12,14-15H,8-10,16H2,1-3H3. The van der Waals surface area contributed by atoms with E-state index in [0.717, 1.165) is 12.5 Å². The first-order valence-electron chi connectivity index (χ1n) is 6.62. The molecule has 1 aromatic rings. The highest BCUT2D eigenvalue weighted by Crippen LogP contribution is 2.37. The number of benzene rings is 1. The van der Waals surface area contributed by atoms with Crippen LogP contribution in [0, 0.1) is 12.8 Å². The summed E-state index contributed by atoms with van der Waals surface area (Å²) in [6, 6.07) is 9.84. The fraction of sp³-hybridized carbons (Fsp3) is 0.600. The third kappa shape index (κ3) is 2.88. The van der Waals surface area contributed by atoms with Gasteiger partial charge in [-0.2, -0.15) is 0 Å². The predicted octanol–water partition coefficient (Wildman–Crippen LogP) is 2.73. The van der Waals surface area contributed by atoms with Gasteiger partial charge >= 0.3 is 0 Å². The molecule has 0 bridgehead atoms. The van der Waals surface area contributed by atoms with E-state index in [4.69, 9.17) is 5.73 Å². The van der Waals surface area contributed by atoms with Gasteiger partial charge in [-0.1, -0.05) is 29.8 Å². The van der Waals surface area contributed by atoms with E-state index in [9.17, 15) is 0 Å². The maximum atomic E-state index is 5.91. The number of likely N-dealkylation sites (N-methyl/N-ethyl adjacent to an activating group) is 1. The van der Waals surface area contributed by atoms with Gasteiger partial charge in [-0.05, 0) is 45.2 Å². The minimum atomic E-state index is 0.449. The number of nitrogens with zero attached hydrogens (tertiary/aromatic N) is 1. The first kappa shape index (κ1) is 12.6. The van der Waals surface area contributed by atoms with Crippen LogP contribution in [0.15, 0.2) is 24.3 Å². The van der Waals surface area contributed by atoms with Gasteiger partial charge < -0.3 is 5.73 Å². The normalized spacial score (nSPS) is 19.4. The van der Waals surface area contributed by atoms with Gasteiger partial charge in [0.2, 0.25) is 0 Å². The number of aryl methyl sites for hydroxylation is 1. The highest BCUT2D eigenvalue weighted by Gasteiger charge is 2.34. The molecule has 2 N–H and O–H groups in total. The molecule has 0 heterocycles. The number of hydrogen-bond acceptors (Lipinski definition) is 2. The summed E-state index contributed by atoms with van der Waals surface area (Å²) in [5.41, 5.74) is 8.62. The second-order valence-corrected chi connectivity index (χ2v) is 5.39. The molecule has 1 fully saturated rings. The summed E-state index contributed by atoms with van der Waals surface area (Å²) in [7, 11) is 2.21. The molecule has 1 aliphatic rings. The third-order valence-corrected chi connectivity index (χ3v) is 4.10. The molecule has 2 rings (SSSR count). The summed E-state index contributed by atoms with van der Waals surface area (Å²) in [6.07, 6.45) is 2.71. The van der Waals surface area contributed by atoms with Crippen molar-refractivity contribution in [2.75, 3.05) is 13.6 Å². The zero-order valence-electron chi connectivity index (χ0n) is 11.2. The molecule has 0 radical (unpaired) electrons. The summed E-state index contributed by atoms with van der Waals surface area (Å²) in [6.45, 7) is 5.18. The van der Waals surface area contributed by atoms with Crippen LogP contribution in [0.2, 0.25) is 0 Å².